The van der Waals surface area contributed by atoms with Crippen molar-refractivity contribution in [2.24, 2.45) is 0 Å². The molecular weight excluding hydrogens is 380 g/mol. The number of esters is 1. The van der Waals surface area contributed by atoms with Gasteiger partial charge in [0.1, 0.15) is 18.0 Å². The first kappa shape index (κ1) is 19.9. The molecular formula is C20H18N2O7. The van der Waals surface area contributed by atoms with Gasteiger partial charge < -0.3 is 18.6 Å². The third kappa shape index (κ3) is 4.70. The first-order valence-electron chi connectivity index (χ1n) is 8.56. The number of ketones is 1. The molecule has 0 aliphatic heterocycles. The van der Waals surface area contributed by atoms with Gasteiger partial charge in [-0.2, -0.15) is 4.68 Å². The summed E-state index contributed by atoms with van der Waals surface area (Å²) >= 11 is 0. The minimum absolute atomic E-state index is 0.0856. The van der Waals surface area contributed by atoms with E-state index in [0.717, 1.165) is 4.68 Å². The number of hydrogen-bond acceptors (Lipinski definition) is 8. The highest BCUT2D eigenvalue weighted by Crippen LogP contribution is 2.25. The number of aromatic nitrogens is 2. The first-order valence-corrected chi connectivity index (χ1v) is 8.56. The molecule has 29 heavy (non-hydrogen) atoms. The van der Waals surface area contributed by atoms with Crippen molar-refractivity contribution >= 4 is 11.8 Å². The Kier molecular flexibility index (Phi) is 6.08. The Morgan fingerprint density at radius 1 is 1.07 bits per heavy atom. The average molecular weight is 398 g/mol. The normalized spacial score (nSPS) is 10.4. The molecule has 3 aromatic rings. The van der Waals surface area contributed by atoms with Crippen LogP contribution in [0.15, 0.2) is 57.7 Å². The van der Waals surface area contributed by atoms with Crippen LogP contribution in [0.25, 0.3) is 11.5 Å². The summed E-state index contributed by atoms with van der Waals surface area (Å²) in [6, 6.07) is 13.4. The van der Waals surface area contributed by atoms with E-state index < -0.39 is 30.7 Å². The van der Waals surface area contributed by atoms with E-state index in [2.05, 4.69) is 5.10 Å². The summed E-state index contributed by atoms with van der Waals surface area (Å²) in [7, 11) is 2.91. The average Bonchev–Trinajstić information content (AvgIpc) is 3.12. The van der Waals surface area contributed by atoms with Crippen molar-refractivity contribution in [3.8, 4) is 23.0 Å². The molecule has 0 bridgehead atoms. The third-order valence-corrected chi connectivity index (χ3v) is 3.98. The maximum absolute atomic E-state index is 12.3. The lowest BCUT2D eigenvalue weighted by Crippen LogP contribution is -2.24. The molecule has 1 heterocycles. The van der Waals surface area contributed by atoms with Crippen LogP contribution in [0.5, 0.6) is 11.5 Å². The van der Waals surface area contributed by atoms with Gasteiger partial charge in [0.25, 0.3) is 0 Å². The molecule has 9 heteroatoms. The van der Waals surface area contributed by atoms with Gasteiger partial charge in [-0.25, -0.2) is 4.79 Å². The van der Waals surface area contributed by atoms with E-state index >= 15 is 0 Å². The minimum atomic E-state index is -0.805. The zero-order chi connectivity index (χ0) is 20.8. The Morgan fingerprint density at radius 2 is 1.83 bits per heavy atom. The van der Waals surface area contributed by atoms with Crippen LogP contribution >= 0.6 is 0 Å². The number of Topliss-reactive ketones (excluding diaryl/α,β-unsaturated/α-hetero) is 1. The van der Waals surface area contributed by atoms with Crippen LogP contribution in [-0.4, -0.2) is 42.4 Å². The maximum atomic E-state index is 12.3. The van der Waals surface area contributed by atoms with Gasteiger partial charge in [0, 0.05) is 11.6 Å². The van der Waals surface area contributed by atoms with Crippen molar-refractivity contribution in [1.82, 2.24) is 9.78 Å². The number of hydrogen-bond donors (Lipinski definition) is 0. The van der Waals surface area contributed by atoms with Crippen LogP contribution in [0.1, 0.15) is 10.4 Å². The van der Waals surface area contributed by atoms with E-state index in [1.54, 1.807) is 36.4 Å². The summed E-state index contributed by atoms with van der Waals surface area (Å²) in [5.74, 6) is -1.16. The highest BCUT2D eigenvalue weighted by Gasteiger charge is 2.18. The van der Waals surface area contributed by atoms with Crippen LogP contribution in [0, 0.1) is 0 Å². The first-order chi connectivity index (χ1) is 14.0. The van der Waals surface area contributed by atoms with Crippen LogP contribution in [0.4, 0.5) is 0 Å². The van der Waals surface area contributed by atoms with Gasteiger partial charge in [-0.3, -0.25) is 9.59 Å². The van der Waals surface area contributed by atoms with Gasteiger partial charge in [0.15, 0.2) is 6.61 Å². The molecule has 0 atom stereocenters. The SMILES string of the molecule is COc1ccc(C(=O)COC(=O)Cn2nc(-c3ccccc3)oc2=O)c(OC)c1. The second-order valence-electron chi connectivity index (χ2n) is 5.85. The maximum Gasteiger partial charge on any atom is 0.437 e. The Labute approximate surface area is 165 Å². The number of nitrogens with zero attached hydrogens (tertiary/aromatic N) is 2. The van der Waals surface area contributed by atoms with Gasteiger partial charge >= 0.3 is 11.7 Å². The number of benzene rings is 2. The van der Waals surface area contributed by atoms with E-state index in [1.807, 2.05) is 6.07 Å². The van der Waals surface area contributed by atoms with E-state index in [1.165, 1.54) is 20.3 Å². The highest BCUT2D eigenvalue weighted by atomic mass is 16.5. The lowest BCUT2D eigenvalue weighted by atomic mass is 10.1. The van der Waals surface area contributed by atoms with Gasteiger partial charge in [-0.1, -0.05) is 18.2 Å². The fourth-order valence-electron chi connectivity index (χ4n) is 2.52. The monoisotopic (exact) mass is 398 g/mol. The van der Waals surface area contributed by atoms with E-state index in [9.17, 15) is 14.4 Å². The topological polar surface area (TPSA) is 110 Å². The fourth-order valence-corrected chi connectivity index (χ4v) is 2.52. The summed E-state index contributed by atoms with van der Waals surface area (Å²) < 4.78 is 21.1. The lowest BCUT2D eigenvalue weighted by molar-refractivity contribution is -0.143. The fraction of sp³-hybridized carbons (Fsp3) is 0.200. The van der Waals surface area contributed by atoms with Crippen molar-refractivity contribution in [2.45, 2.75) is 6.54 Å². The smallest absolute Gasteiger partial charge is 0.437 e. The van der Waals surface area contributed by atoms with Crippen LogP contribution in [0.2, 0.25) is 0 Å². The molecule has 1 aromatic heterocycles. The van der Waals surface area contributed by atoms with Crippen molar-refractivity contribution < 1.29 is 28.2 Å². The van der Waals surface area contributed by atoms with Crippen LogP contribution in [-0.2, 0) is 16.1 Å². The van der Waals surface area contributed by atoms with Gasteiger partial charge in [0.05, 0.1) is 19.8 Å². The Hall–Kier alpha value is -3.88. The van der Waals surface area contributed by atoms with Gasteiger partial charge in [-0.05, 0) is 24.3 Å². The molecule has 0 aliphatic carbocycles. The van der Waals surface area contributed by atoms with Gasteiger partial charge in [0.2, 0.25) is 11.7 Å². The largest absolute Gasteiger partial charge is 0.497 e. The molecule has 0 spiro atoms. The summed E-state index contributed by atoms with van der Waals surface area (Å²) in [4.78, 5) is 36.3. The Morgan fingerprint density at radius 3 is 2.52 bits per heavy atom. The summed E-state index contributed by atoms with van der Waals surface area (Å²) in [5.41, 5.74) is 0.838. The van der Waals surface area contributed by atoms with Crippen molar-refractivity contribution in [1.29, 1.82) is 0 Å². The number of rotatable bonds is 8. The Bertz CT molecular complexity index is 1070. The van der Waals surface area contributed by atoms with Crippen molar-refractivity contribution in [3.05, 3.63) is 64.6 Å². The molecule has 9 nitrogen and oxygen atoms in total. The van der Waals surface area contributed by atoms with E-state index in [0.29, 0.717) is 17.1 Å². The molecule has 3 rings (SSSR count). The molecule has 0 saturated heterocycles. The molecule has 0 N–H and O–H groups in total. The predicted octanol–water partition coefficient (Wildman–Crippen LogP) is 1.95. The number of carbonyl (C=O) groups is 2. The molecule has 150 valence electrons. The lowest BCUT2D eigenvalue weighted by Gasteiger charge is -2.10. The number of carbonyl (C=O) groups excluding carboxylic acids is 2. The molecule has 0 unspecified atom stereocenters. The summed E-state index contributed by atoms with van der Waals surface area (Å²) in [6.45, 7) is -0.998. The summed E-state index contributed by atoms with van der Waals surface area (Å²) in [6.07, 6.45) is 0. The Balaban J connectivity index is 1.63. The van der Waals surface area contributed by atoms with Crippen LogP contribution < -0.4 is 15.2 Å². The molecule has 0 radical (unpaired) electrons. The second-order valence-corrected chi connectivity index (χ2v) is 5.85. The zero-order valence-electron chi connectivity index (χ0n) is 15.8. The third-order valence-electron chi connectivity index (χ3n) is 3.98. The van der Waals surface area contributed by atoms with Gasteiger partial charge in [-0.15, -0.1) is 5.10 Å². The van der Waals surface area contributed by atoms with Crippen LogP contribution in [0.3, 0.4) is 0 Å². The van der Waals surface area contributed by atoms with Crippen molar-refractivity contribution in [2.75, 3.05) is 20.8 Å². The molecule has 0 saturated carbocycles. The van der Waals surface area contributed by atoms with E-state index in [4.69, 9.17) is 18.6 Å². The molecule has 2 aromatic carbocycles. The summed E-state index contributed by atoms with van der Waals surface area (Å²) in [5, 5.41) is 3.97. The van der Waals surface area contributed by atoms with Crippen molar-refractivity contribution in [3.63, 3.8) is 0 Å². The standard InChI is InChI=1S/C20H18N2O7/c1-26-14-8-9-15(17(10-14)27-2)16(23)12-28-18(24)11-22-20(25)29-19(21-22)13-6-4-3-5-7-13/h3-10H,11-12H2,1-2H3. The zero-order valence-corrected chi connectivity index (χ0v) is 15.8. The number of methoxy groups -OCH3 is 2. The minimum Gasteiger partial charge on any atom is -0.497 e. The quantitative estimate of drug-likeness (QED) is 0.418. The predicted molar refractivity (Wildman–Crippen MR) is 101 cm³/mol. The van der Waals surface area contributed by atoms with E-state index in [-0.39, 0.29) is 11.5 Å². The highest BCUT2D eigenvalue weighted by molar-refractivity contribution is 6.00. The number of ether oxygens (including phenoxy) is 3. The molecule has 0 aliphatic rings. The molecule has 0 amide bonds. The molecule has 0 fully saturated rings. The second kappa shape index (κ2) is 8.87.